The average Bonchev–Trinajstić information content (AvgIpc) is 2.51. The first kappa shape index (κ1) is 16.0. The van der Waals surface area contributed by atoms with E-state index < -0.39 is 16.9 Å². The molecule has 0 aliphatic rings. The van der Waals surface area contributed by atoms with Crippen molar-refractivity contribution in [2.45, 2.75) is 6.92 Å². The number of hydrogen-bond acceptors (Lipinski definition) is 7. The van der Waals surface area contributed by atoms with Crippen molar-refractivity contribution in [3.8, 4) is 28.6 Å². The number of allylic oxidation sites excluding steroid dienone is 1. The van der Waals surface area contributed by atoms with Gasteiger partial charge in [0.15, 0.2) is 17.3 Å². The Bertz CT molecular complexity index is 859. The Balaban J connectivity index is 2.70. The molecule has 1 aromatic heterocycles. The normalized spacial score (nSPS) is 12.0. The van der Waals surface area contributed by atoms with E-state index in [0.717, 1.165) is 18.2 Å². The second-order valence-corrected chi connectivity index (χ2v) is 4.69. The molecule has 0 saturated carbocycles. The van der Waals surface area contributed by atoms with Gasteiger partial charge in [0.2, 0.25) is 11.2 Å². The maximum Gasteiger partial charge on any atom is 0.230 e. The molecule has 0 saturated heterocycles. The van der Waals surface area contributed by atoms with Crippen LogP contribution in [-0.4, -0.2) is 25.5 Å². The second kappa shape index (κ2) is 6.18. The fourth-order valence-corrected chi connectivity index (χ4v) is 1.88. The van der Waals surface area contributed by atoms with Crippen LogP contribution in [0.2, 0.25) is 0 Å². The van der Waals surface area contributed by atoms with Gasteiger partial charge in [0.25, 0.3) is 0 Å². The van der Waals surface area contributed by atoms with Crippen molar-refractivity contribution >= 4 is 6.08 Å². The van der Waals surface area contributed by atoms with Crippen LogP contribution in [-0.2, 0) is 0 Å². The average molecular weight is 318 g/mol. The van der Waals surface area contributed by atoms with E-state index in [1.807, 2.05) is 0 Å². The molecule has 5 N–H and O–H groups in total. The number of phenolic OH excluding ortho intramolecular Hbond substituents is 2. The molecule has 0 fully saturated rings. The molecule has 0 aliphatic heterocycles. The minimum atomic E-state index is -0.717. The van der Waals surface area contributed by atoms with Gasteiger partial charge in [-0.05, 0) is 25.1 Å². The van der Waals surface area contributed by atoms with Crippen molar-refractivity contribution in [1.82, 2.24) is 0 Å². The van der Waals surface area contributed by atoms with E-state index in [1.165, 1.54) is 19.1 Å². The Labute approximate surface area is 130 Å². The van der Waals surface area contributed by atoms with Crippen LogP contribution < -0.4 is 5.43 Å². The first-order chi connectivity index (χ1) is 10.8. The minimum Gasteiger partial charge on any atom is -0.515 e. The standard InChI is InChI=1S/C16H14O7/c1-8-13(7-10(18)4-5-17)23-16(15(22)14(8)21)9-2-3-11(19)12(20)6-9/h2-7,17-20,22H,1H3/b5-4+,10-7+. The Morgan fingerprint density at radius 1 is 1.17 bits per heavy atom. The highest BCUT2D eigenvalue weighted by atomic mass is 16.4. The first-order valence-corrected chi connectivity index (χ1v) is 6.45. The molecule has 120 valence electrons. The van der Waals surface area contributed by atoms with Crippen molar-refractivity contribution in [3.63, 3.8) is 0 Å². The first-order valence-electron chi connectivity index (χ1n) is 6.45. The van der Waals surface area contributed by atoms with E-state index in [1.54, 1.807) is 0 Å². The Hall–Kier alpha value is -3.35. The van der Waals surface area contributed by atoms with Gasteiger partial charge in [-0.3, -0.25) is 4.79 Å². The highest BCUT2D eigenvalue weighted by Gasteiger charge is 2.18. The van der Waals surface area contributed by atoms with Gasteiger partial charge in [-0.1, -0.05) is 0 Å². The lowest BCUT2D eigenvalue weighted by atomic mass is 10.1. The van der Waals surface area contributed by atoms with Gasteiger partial charge in [0.1, 0.15) is 11.5 Å². The summed E-state index contributed by atoms with van der Waals surface area (Å²) in [5, 5.41) is 47.0. The van der Waals surface area contributed by atoms with Gasteiger partial charge < -0.3 is 29.9 Å². The molecule has 0 radical (unpaired) electrons. The molecule has 7 nitrogen and oxygen atoms in total. The van der Waals surface area contributed by atoms with Crippen molar-refractivity contribution in [2.24, 2.45) is 0 Å². The molecule has 2 aromatic rings. The van der Waals surface area contributed by atoms with Crippen LogP contribution in [0.15, 0.2) is 45.5 Å². The lowest BCUT2D eigenvalue weighted by Crippen LogP contribution is -2.08. The number of hydrogen-bond donors (Lipinski definition) is 5. The number of aliphatic hydroxyl groups excluding tert-OH is 2. The summed E-state index contributed by atoms with van der Waals surface area (Å²) in [6.45, 7) is 1.39. The van der Waals surface area contributed by atoms with Crippen molar-refractivity contribution in [1.29, 1.82) is 0 Å². The van der Waals surface area contributed by atoms with E-state index in [-0.39, 0.29) is 34.2 Å². The molecule has 0 aliphatic carbocycles. The van der Waals surface area contributed by atoms with E-state index >= 15 is 0 Å². The van der Waals surface area contributed by atoms with Gasteiger partial charge in [-0.15, -0.1) is 0 Å². The second-order valence-electron chi connectivity index (χ2n) is 4.69. The maximum atomic E-state index is 12.1. The molecule has 7 heteroatoms. The van der Waals surface area contributed by atoms with Crippen LogP contribution in [0.3, 0.4) is 0 Å². The SMILES string of the molecule is Cc1c(/C=C(O)\C=C\O)oc(-c2ccc(O)c(O)c2)c(O)c1=O. The zero-order valence-corrected chi connectivity index (χ0v) is 12.0. The van der Waals surface area contributed by atoms with E-state index in [9.17, 15) is 25.2 Å². The Morgan fingerprint density at radius 2 is 1.87 bits per heavy atom. The number of rotatable bonds is 3. The summed E-state index contributed by atoms with van der Waals surface area (Å²) < 4.78 is 5.42. The van der Waals surface area contributed by atoms with Crippen LogP contribution >= 0.6 is 0 Å². The highest BCUT2D eigenvalue weighted by Crippen LogP contribution is 2.34. The van der Waals surface area contributed by atoms with Gasteiger partial charge in [0.05, 0.1) is 6.26 Å². The summed E-state index contributed by atoms with van der Waals surface area (Å²) in [4.78, 5) is 12.1. The predicted molar refractivity (Wildman–Crippen MR) is 82.5 cm³/mol. The van der Waals surface area contributed by atoms with Crippen LogP contribution in [0.25, 0.3) is 17.4 Å². The highest BCUT2D eigenvalue weighted by molar-refractivity contribution is 5.69. The van der Waals surface area contributed by atoms with Gasteiger partial charge in [0, 0.05) is 23.3 Å². The summed E-state index contributed by atoms with van der Waals surface area (Å²) >= 11 is 0. The number of aromatic hydroxyl groups is 3. The number of phenols is 2. The summed E-state index contributed by atoms with van der Waals surface area (Å²) in [6.07, 6.45) is 2.67. The zero-order chi connectivity index (χ0) is 17.1. The van der Waals surface area contributed by atoms with Crippen LogP contribution in [0.1, 0.15) is 11.3 Å². The van der Waals surface area contributed by atoms with E-state index in [4.69, 9.17) is 9.52 Å². The molecule has 0 atom stereocenters. The molecule has 1 aromatic carbocycles. The van der Waals surface area contributed by atoms with Crippen molar-refractivity contribution < 1.29 is 29.9 Å². The third-order valence-electron chi connectivity index (χ3n) is 3.11. The topological polar surface area (TPSA) is 131 Å². The van der Waals surface area contributed by atoms with E-state index in [0.29, 0.717) is 6.26 Å². The molecular weight excluding hydrogens is 304 g/mol. The summed E-state index contributed by atoms with van der Waals surface area (Å²) in [6, 6.07) is 3.62. The lowest BCUT2D eigenvalue weighted by molar-refractivity contribution is 0.403. The molecule has 0 bridgehead atoms. The van der Waals surface area contributed by atoms with Crippen molar-refractivity contribution in [3.05, 3.63) is 57.8 Å². The number of aliphatic hydroxyl groups is 2. The molecule has 0 spiro atoms. The van der Waals surface area contributed by atoms with Gasteiger partial charge in [-0.25, -0.2) is 0 Å². The monoisotopic (exact) mass is 318 g/mol. The summed E-state index contributed by atoms with van der Waals surface area (Å²) in [7, 11) is 0. The zero-order valence-electron chi connectivity index (χ0n) is 12.0. The van der Waals surface area contributed by atoms with Crippen LogP contribution in [0.5, 0.6) is 17.2 Å². The molecular formula is C16H14O7. The van der Waals surface area contributed by atoms with Gasteiger partial charge >= 0.3 is 0 Å². The molecule has 0 unspecified atom stereocenters. The van der Waals surface area contributed by atoms with Crippen molar-refractivity contribution in [2.75, 3.05) is 0 Å². The van der Waals surface area contributed by atoms with E-state index in [2.05, 4.69) is 0 Å². The van der Waals surface area contributed by atoms with Crippen LogP contribution in [0, 0.1) is 6.92 Å². The smallest absolute Gasteiger partial charge is 0.230 e. The fraction of sp³-hybridized carbons (Fsp3) is 0.0625. The third kappa shape index (κ3) is 3.13. The number of benzene rings is 1. The Kier molecular flexibility index (Phi) is 4.31. The molecule has 0 amide bonds. The molecule has 23 heavy (non-hydrogen) atoms. The van der Waals surface area contributed by atoms with Gasteiger partial charge in [-0.2, -0.15) is 0 Å². The predicted octanol–water partition coefficient (Wildman–Crippen LogP) is 2.70. The lowest BCUT2D eigenvalue weighted by Gasteiger charge is -2.08. The maximum absolute atomic E-state index is 12.1. The minimum absolute atomic E-state index is 0.0361. The van der Waals surface area contributed by atoms with Crippen LogP contribution in [0.4, 0.5) is 0 Å². The fourth-order valence-electron chi connectivity index (χ4n) is 1.88. The quantitative estimate of drug-likeness (QED) is 0.334. The summed E-state index contributed by atoms with van der Waals surface area (Å²) in [5.41, 5.74) is -0.514. The largest absolute Gasteiger partial charge is 0.515 e. The molecule has 1 heterocycles. The third-order valence-corrected chi connectivity index (χ3v) is 3.11. The summed E-state index contributed by atoms with van der Waals surface area (Å²) in [5.74, 6) is -2.12. The Morgan fingerprint density at radius 3 is 2.48 bits per heavy atom. The molecule has 2 rings (SSSR count).